The number of amides is 1. The predicted molar refractivity (Wildman–Crippen MR) is 77.6 cm³/mol. The molecule has 0 bridgehead atoms. The monoisotopic (exact) mass is 293 g/mol. The Morgan fingerprint density at radius 2 is 1.80 bits per heavy atom. The summed E-state index contributed by atoms with van der Waals surface area (Å²) in [5.74, 6) is -1.44. The van der Waals surface area contributed by atoms with E-state index in [4.69, 9.17) is 0 Å². The average molecular weight is 293 g/mol. The van der Waals surface area contributed by atoms with Crippen molar-refractivity contribution >= 4 is 23.4 Å². The number of carbonyl (C=O) groups excluding carboxylic acids is 1. The van der Waals surface area contributed by atoms with Gasteiger partial charge in [0.25, 0.3) is 0 Å². The first-order chi connectivity index (χ1) is 9.66. The van der Waals surface area contributed by atoms with Gasteiger partial charge < -0.3 is 5.32 Å². The van der Waals surface area contributed by atoms with E-state index in [0.717, 1.165) is 11.8 Å². The van der Waals surface area contributed by atoms with Crippen molar-refractivity contribution in [3.8, 4) is 0 Å². The SMILES string of the molecule is O=C(CSCc1cccc(F)c1F)Nc1ccccc1. The van der Waals surface area contributed by atoms with Gasteiger partial charge in [-0.25, -0.2) is 8.78 Å². The Labute approximate surface area is 120 Å². The Balaban J connectivity index is 1.81. The second-order valence-corrected chi connectivity index (χ2v) is 5.11. The molecule has 104 valence electrons. The van der Waals surface area contributed by atoms with Gasteiger partial charge in [-0.3, -0.25) is 4.79 Å². The molecule has 0 radical (unpaired) electrons. The smallest absolute Gasteiger partial charge is 0.234 e. The van der Waals surface area contributed by atoms with Crippen molar-refractivity contribution < 1.29 is 13.6 Å². The highest BCUT2D eigenvalue weighted by Gasteiger charge is 2.08. The molecule has 0 spiro atoms. The molecule has 0 aliphatic heterocycles. The van der Waals surface area contributed by atoms with Gasteiger partial charge in [0.1, 0.15) is 0 Å². The Bertz CT molecular complexity index is 590. The van der Waals surface area contributed by atoms with Crippen molar-refractivity contribution in [2.45, 2.75) is 5.75 Å². The van der Waals surface area contributed by atoms with Gasteiger partial charge in [0, 0.05) is 17.0 Å². The lowest BCUT2D eigenvalue weighted by atomic mass is 10.2. The zero-order valence-corrected chi connectivity index (χ0v) is 11.4. The van der Waals surface area contributed by atoms with E-state index in [1.807, 2.05) is 18.2 Å². The quantitative estimate of drug-likeness (QED) is 0.907. The topological polar surface area (TPSA) is 29.1 Å². The molecule has 0 fully saturated rings. The van der Waals surface area contributed by atoms with Gasteiger partial charge in [0.2, 0.25) is 5.91 Å². The van der Waals surface area contributed by atoms with E-state index in [-0.39, 0.29) is 23.0 Å². The van der Waals surface area contributed by atoms with Crippen molar-refractivity contribution in [2.75, 3.05) is 11.1 Å². The minimum atomic E-state index is -0.864. The fourth-order valence-corrected chi connectivity index (χ4v) is 2.43. The minimum absolute atomic E-state index is 0.169. The number of thioether (sulfide) groups is 1. The molecule has 0 aliphatic rings. The van der Waals surface area contributed by atoms with E-state index in [1.54, 1.807) is 12.1 Å². The molecular weight excluding hydrogens is 280 g/mol. The van der Waals surface area contributed by atoms with Crippen LogP contribution in [0.3, 0.4) is 0 Å². The maximum absolute atomic E-state index is 13.4. The molecule has 20 heavy (non-hydrogen) atoms. The van der Waals surface area contributed by atoms with Crippen molar-refractivity contribution in [3.63, 3.8) is 0 Å². The third kappa shape index (κ3) is 4.06. The summed E-state index contributed by atoms with van der Waals surface area (Å²) in [6.07, 6.45) is 0. The van der Waals surface area contributed by atoms with E-state index in [9.17, 15) is 13.6 Å². The molecule has 0 saturated carbocycles. The van der Waals surface area contributed by atoms with Crippen LogP contribution in [-0.4, -0.2) is 11.7 Å². The van der Waals surface area contributed by atoms with Crippen LogP contribution in [0.2, 0.25) is 0 Å². The number of para-hydroxylation sites is 1. The number of rotatable bonds is 5. The van der Waals surface area contributed by atoms with Crippen LogP contribution in [0, 0.1) is 11.6 Å². The molecule has 0 saturated heterocycles. The van der Waals surface area contributed by atoms with Gasteiger partial charge >= 0.3 is 0 Å². The summed E-state index contributed by atoms with van der Waals surface area (Å²) in [6, 6.07) is 13.1. The molecule has 0 unspecified atom stereocenters. The number of hydrogen-bond donors (Lipinski definition) is 1. The van der Waals surface area contributed by atoms with Gasteiger partial charge in [0.05, 0.1) is 5.75 Å². The van der Waals surface area contributed by atoms with Crippen LogP contribution >= 0.6 is 11.8 Å². The van der Waals surface area contributed by atoms with E-state index >= 15 is 0 Å². The largest absolute Gasteiger partial charge is 0.325 e. The first-order valence-corrected chi connectivity index (χ1v) is 7.18. The summed E-state index contributed by atoms with van der Waals surface area (Å²) in [5, 5.41) is 2.73. The highest BCUT2D eigenvalue weighted by Crippen LogP contribution is 2.18. The van der Waals surface area contributed by atoms with Gasteiger partial charge in [-0.2, -0.15) is 0 Å². The lowest BCUT2D eigenvalue weighted by molar-refractivity contribution is -0.113. The Morgan fingerprint density at radius 3 is 2.55 bits per heavy atom. The average Bonchev–Trinajstić information content (AvgIpc) is 2.44. The highest BCUT2D eigenvalue weighted by molar-refractivity contribution is 7.99. The van der Waals surface area contributed by atoms with E-state index in [0.29, 0.717) is 0 Å². The molecule has 5 heteroatoms. The van der Waals surface area contributed by atoms with Crippen LogP contribution in [0.4, 0.5) is 14.5 Å². The number of hydrogen-bond acceptors (Lipinski definition) is 2. The molecule has 2 nitrogen and oxygen atoms in total. The van der Waals surface area contributed by atoms with Gasteiger partial charge in [-0.15, -0.1) is 11.8 Å². The number of carbonyl (C=O) groups is 1. The Morgan fingerprint density at radius 1 is 1.05 bits per heavy atom. The molecule has 1 amide bonds. The third-order valence-corrected chi connectivity index (χ3v) is 3.56. The summed E-state index contributed by atoms with van der Waals surface area (Å²) in [5.41, 5.74) is 0.984. The normalized spacial score (nSPS) is 10.3. The second kappa shape index (κ2) is 7.05. The summed E-state index contributed by atoms with van der Waals surface area (Å²) in [7, 11) is 0. The summed E-state index contributed by atoms with van der Waals surface area (Å²) >= 11 is 1.24. The van der Waals surface area contributed by atoms with Crippen LogP contribution in [0.15, 0.2) is 48.5 Å². The van der Waals surface area contributed by atoms with Crippen molar-refractivity contribution in [2.24, 2.45) is 0 Å². The zero-order chi connectivity index (χ0) is 14.4. The fourth-order valence-electron chi connectivity index (χ4n) is 1.63. The molecule has 0 atom stereocenters. The molecule has 0 aliphatic carbocycles. The molecule has 2 rings (SSSR count). The van der Waals surface area contributed by atoms with Crippen LogP contribution < -0.4 is 5.32 Å². The number of halogens is 2. The summed E-state index contributed by atoms with van der Waals surface area (Å²) in [4.78, 5) is 11.7. The maximum atomic E-state index is 13.4. The van der Waals surface area contributed by atoms with E-state index in [1.165, 1.54) is 23.9 Å². The number of benzene rings is 2. The second-order valence-electron chi connectivity index (χ2n) is 4.12. The molecule has 1 N–H and O–H groups in total. The van der Waals surface area contributed by atoms with Crippen molar-refractivity contribution in [1.29, 1.82) is 0 Å². The summed E-state index contributed by atoms with van der Waals surface area (Å²) in [6.45, 7) is 0. The highest BCUT2D eigenvalue weighted by atomic mass is 32.2. The van der Waals surface area contributed by atoms with E-state index in [2.05, 4.69) is 5.32 Å². The molecule has 0 aromatic heterocycles. The zero-order valence-electron chi connectivity index (χ0n) is 10.6. The fraction of sp³-hybridized carbons (Fsp3) is 0.133. The van der Waals surface area contributed by atoms with Gasteiger partial charge in [-0.1, -0.05) is 30.3 Å². The molecule has 2 aromatic rings. The van der Waals surface area contributed by atoms with Crippen LogP contribution in [0.5, 0.6) is 0 Å². The molecule has 0 heterocycles. The van der Waals surface area contributed by atoms with Gasteiger partial charge in [-0.05, 0) is 18.2 Å². The number of anilines is 1. The third-order valence-electron chi connectivity index (χ3n) is 2.58. The minimum Gasteiger partial charge on any atom is -0.325 e. The maximum Gasteiger partial charge on any atom is 0.234 e. The van der Waals surface area contributed by atoms with Crippen LogP contribution in [-0.2, 0) is 10.5 Å². The standard InChI is InChI=1S/C15H13F2NOS/c16-13-8-4-5-11(15(13)17)9-20-10-14(19)18-12-6-2-1-3-7-12/h1-8H,9-10H2,(H,18,19). The lowest BCUT2D eigenvalue weighted by Crippen LogP contribution is -2.14. The first kappa shape index (κ1) is 14.5. The van der Waals surface area contributed by atoms with Crippen molar-refractivity contribution in [1.82, 2.24) is 0 Å². The van der Waals surface area contributed by atoms with E-state index < -0.39 is 11.6 Å². The molecule has 2 aromatic carbocycles. The van der Waals surface area contributed by atoms with Gasteiger partial charge in [0.15, 0.2) is 11.6 Å². The van der Waals surface area contributed by atoms with Crippen LogP contribution in [0.25, 0.3) is 0 Å². The van der Waals surface area contributed by atoms with Crippen molar-refractivity contribution in [3.05, 3.63) is 65.7 Å². The first-order valence-electron chi connectivity index (χ1n) is 6.02. The van der Waals surface area contributed by atoms with Crippen LogP contribution in [0.1, 0.15) is 5.56 Å². The Kier molecular flexibility index (Phi) is 5.12. The lowest BCUT2D eigenvalue weighted by Gasteiger charge is -2.06. The Hall–Kier alpha value is -1.88. The molecular formula is C15H13F2NOS. The summed E-state index contributed by atoms with van der Waals surface area (Å²) < 4.78 is 26.4. The predicted octanol–water partition coefficient (Wildman–Crippen LogP) is 3.84. The number of nitrogens with one attached hydrogen (secondary N) is 1.